The first-order valence-corrected chi connectivity index (χ1v) is 10.2. The van der Waals surface area contributed by atoms with E-state index in [1.54, 1.807) is 43.1 Å². The van der Waals surface area contributed by atoms with Crippen molar-refractivity contribution < 1.29 is 4.79 Å². The summed E-state index contributed by atoms with van der Waals surface area (Å²) < 4.78 is 2.71. The predicted octanol–water partition coefficient (Wildman–Crippen LogP) is 3.31. The molecule has 3 nitrogen and oxygen atoms in total. The second-order valence-corrected chi connectivity index (χ2v) is 7.98. The van der Waals surface area contributed by atoms with E-state index in [1.165, 1.54) is 26.9 Å². The highest BCUT2D eigenvalue weighted by atomic mass is 35.5. The van der Waals surface area contributed by atoms with Gasteiger partial charge in [-0.2, -0.15) is 0 Å². The number of thioether (sulfide) groups is 1. The number of halogens is 1. The van der Waals surface area contributed by atoms with Gasteiger partial charge in [-0.25, -0.2) is 0 Å². The number of aromatic nitrogens is 1. The smallest absolute Gasteiger partial charge is 0.268 e. The Morgan fingerprint density at radius 2 is 1.77 bits per heavy atom. The maximum Gasteiger partial charge on any atom is 0.268 e. The van der Waals surface area contributed by atoms with Crippen LogP contribution in [0.2, 0.25) is 5.02 Å². The average Bonchev–Trinajstić information content (AvgIpc) is 2.91. The lowest BCUT2D eigenvalue weighted by Gasteiger charge is -1.95. The molecule has 0 radical (unpaired) electrons. The first kappa shape index (κ1) is 18.7. The van der Waals surface area contributed by atoms with Crippen LogP contribution in [0.1, 0.15) is 15.9 Å². The van der Waals surface area contributed by atoms with Gasteiger partial charge in [-0.3, -0.25) is 9.59 Å². The molecular weight excluding hydrogens is 386 g/mol. The molecule has 0 aliphatic rings. The number of rotatable bonds is 4. The molecule has 0 fully saturated rings. The summed E-state index contributed by atoms with van der Waals surface area (Å²) in [5.41, 5.74) is 1.38. The highest BCUT2D eigenvalue weighted by Crippen LogP contribution is 2.15. The standard InChI is InChI=1S/C20H16ClNO2S2/c1-22-19(12-17(23)14-5-7-15(21)8-6-14)26-18(20(22)24)11-13-3-9-16(25-2)10-4-13/h3-12H,1-2H3/b18-11-,19-12-. The quantitative estimate of drug-likeness (QED) is 0.497. The van der Waals surface area contributed by atoms with E-state index >= 15 is 0 Å². The van der Waals surface area contributed by atoms with Gasteiger partial charge < -0.3 is 4.57 Å². The van der Waals surface area contributed by atoms with E-state index in [1.807, 2.05) is 36.6 Å². The number of nitrogens with zero attached hydrogens (tertiary/aromatic N) is 1. The van der Waals surface area contributed by atoms with Gasteiger partial charge in [0.1, 0.15) is 4.66 Å². The van der Waals surface area contributed by atoms with E-state index < -0.39 is 0 Å². The van der Waals surface area contributed by atoms with Crippen LogP contribution in [0.5, 0.6) is 0 Å². The van der Waals surface area contributed by atoms with Gasteiger partial charge >= 0.3 is 0 Å². The first-order valence-electron chi connectivity index (χ1n) is 7.81. The summed E-state index contributed by atoms with van der Waals surface area (Å²) in [6.07, 6.45) is 5.36. The van der Waals surface area contributed by atoms with E-state index in [0.29, 0.717) is 19.8 Å². The molecule has 0 saturated carbocycles. The summed E-state index contributed by atoms with van der Waals surface area (Å²) in [5, 5.41) is 0.578. The zero-order valence-electron chi connectivity index (χ0n) is 14.2. The van der Waals surface area contributed by atoms with Crippen LogP contribution >= 0.6 is 34.7 Å². The third-order valence-electron chi connectivity index (χ3n) is 3.86. The van der Waals surface area contributed by atoms with Crippen LogP contribution in [-0.4, -0.2) is 16.6 Å². The molecule has 0 amide bonds. The van der Waals surface area contributed by atoms with Gasteiger partial charge in [-0.15, -0.1) is 23.1 Å². The van der Waals surface area contributed by atoms with Gasteiger partial charge in [-0.05, 0) is 54.3 Å². The number of Topliss-reactive ketones (excluding diaryl/α,β-unsaturated/α-hetero) is 1. The van der Waals surface area contributed by atoms with Crippen molar-refractivity contribution in [3.05, 3.63) is 84.2 Å². The summed E-state index contributed by atoms with van der Waals surface area (Å²) in [4.78, 5) is 26.0. The zero-order valence-corrected chi connectivity index (χ0v) is 16.6. The second kappa shape index (κ2) is 8.08. The highest BCUT2D eigenvalue weighted by molar-refractivity contribution is 7.98. The summed E-state index contributed by atoms with van der Waals surface area (Å²) in [6.45, 7) is 0. The number of thiazole rings is 1. The van der Waals surface area contributed by atoms with E-state index in [0.717, 1.165) is 5.56 Å². The number of benzene rings is 2. The van der Waals surface area contributed by atoms with Crippen LogP contribution in [0.3, 0.4) is 0 Å². The molecule has 1 heterocycles. The normalized spacial score (nSPS) is 12.6. The molecular formula is C20H16ClNO2S2. The summed E-state index contributed by atoms with van der Waals surface area (Å²) in [7, 11) is 1.67. The van der Waals surface area contributed by atoms with Gasteiger partial charge in [0.05, 0.1) is 4.53 Å². The molecule has 1 aromatic heterocycles. The molecule has 0 bridgehead atoms. The fourth-order valence-electron chi connectivity index (χ4n) is 2.37. The Balaban J connectivity index is 2.01. The molecule has 6 heteroatoms. The minimum absolute atomic E-state index is 0.112. The Morgan fingerprint density at radius 1 is 1.12 bits per heavy atom. The molecule has 3 aromatic rings. The van der Waals surface area contributed by atoms with Crippen molar-refractivity contribution in [3.8, 4) is 0 Å². The fraction of sp³-hybridized carbons (Fsp3) is 0.100. The number of carbonyl (C=O) groups excluding carboxylic acids is 1. The van der Waals surface area contributed by atoms with Crippen LogP contribution in [-0.2, 0) is 7.05 Å². The lowest BCUT2D eigenvalue weighted by Crippen LogP contribution is -2.29. The van der Waals surface area contributed by atoms with Crippen LogP contribution in [0.4, 0.5) is 0 Å². The third kappa shape index (κ3) is 4.18. The Hall–Kier alpha value is -2.08. The van der Waals surface area contributed by atoms with E-state index in [-0.39, 0.29) is 11.3 Å². The maximum absolute atomic E-state index is 12.5. The number of ketones is 1. The molecule has 2 aromatic carbocycles. The van der Waals surface area contributed by atoms with Gasteiger partial charge in [-0.1, -0.05) is 23.7 Å². The Kier molecular flexibility index (Phi) is 5.81. The highest BCUT2D eigenvalue weighted by Gasteiger charge is 2.06. The van der Waals surface area contributed by atoms with E-state index in [2.05, 4.69) is 0 Å². The van der Waals surface area contributed by atoms with Crippen molar-refractivity contribution in [1.82, 2.24) is 4.57 Å². The van der Waals surface area contributed by atoms with E-state index in [4.69, 9.17) is 11.6 Å². The Bertz CT molecular complexity index is 1110. The molecule has 0 saturated heterocycles. The predicted molar refractivity (Wildman–Crippen MR) is 111 cm³/mol. The van der Waals surface area contributed by atoms with Crippen molar-refractivity contribution in [3.63, 3.8) is 0 Å². The maximum atomic E-state index is 12.5. The number of hydrogen-bond acceptors (Lipinski definition) is 4. The largest absolute Gasteiger partial charge is 0.302 e. The molecule has 0 atom stereocenters. The summed E-state index contributed by atoms with van der Waals surface area (Å²) in [5.74, 6) is -0.158. The molecule has 0 N–H and O–H groups in total. The summed E-state index contributed by atoms with van der Waals surface area (Å²) in [6, 6.07) is 14.7. The molecule has 0 aliphatic heterocycles. The van der Waals surface area contributed by atoms with Crippen molar-refractivity contribution in [2.24, 2.45) is 7.05 Å². The second-order valence-electron chi connectivity index (χ2n) is 5.60. The van der Waals surface area contributed by atoms with Crippen molar-refractivity contribution in [1.29, 1.82) is 0 Å². The SMILES string of the molecule is CSc1ccc(/C=c2\s/c(=C\C(=O)c3ccc(Cl)cc3)n(C)c2=O)cc1. The lowest BCUT2D eigenvalue weighted by atomic mass is 10.1. The number of carbonyl (C=O) groups is 1. The fourth-order valence-corrected chi connectivity index (χ4v) is 3.93. The van der Waals surface area contributed by atoms with Gasteiger partial charge in [0.2, 0.25) is 0 Å². The molecule has 0 aliphatic carbocycles. The van der Waals surface area contributed by atoms with Gasteiger partial charge in [0.25, 0.3) is 5.56 Å². The van der Waals surface area contributed by atoms with Gasteiger partial charge in [0, 0.05) is 28.6 Å². The third-order valence-corrected chi connectivity index (χ3v) is 5.97. The van der Waals surface area contributed by atoms with Crippen LogP contribution in [0.25, 0.3) is 12.2 Å². The minimum Gasteiger partial charge on any atom is -0.302 e. The zero-order chi connectivity index (χ0) is 18.7. The van der Waals surface area contributed by atoms with Crippen molar-refractivity contribution in [2.45, 2.75) is 4.90 Å². The molecule has 26 heavy (non-hydrogen) atoms. The van der Waals surface area contributed by atoms with Crippen LogP contribution in [0, 0.1) is 0 Å². The van der Waals surface area contributed by atoms with Gasteiger partial charge in [0.15, 0.2) is 5.78 Å². The van der Waals surface area contributed by atoms with Crippen molar-refractivity contribution >= 4 is 52.6 Å². The van der Waals surface area contributed by atoms with Crippen LogP contribution < -0.4 is 14.8 Å². The molecule has 0 spiro atoms. The average molecular weight is 402 g/mol. The monoisotopic (exact) mass is 401 g/mol. The first-order chi connectivity index (χ1) is 12.5. The van der Waals surface area contributed by atoms with Crippen molar-refractivity contribution in [2.75, 3.05) is 6.26 Å². The topological polar surface area (TPSA) is 39.1 Å². The Labute approximate surface area is 164 Å². The lowest BCUT2D eigenvalue weighted by molar-refractivity contribution is 0.106. The minimum atomic E-state index is -0.158. The molecule has 3 rings (SSSR count). The summed E-state index contributed by atoms with van der Waals surface area (Å²) >= 11 is 8.83. The van der Waals surface area contributed by atoms with Crippen LogP contribution in [0.15, 0.2) is 58.2 Å². The number of hydrogen-bond donors (Lipinski definition) is 0. The van der Waals surface area contributed by atoms with E-state index in [9.17, 15) is 9.59 Å². The Morgan fingerprint density at radius 3 is 2.38 bits per heavy atom. The molecule has 132 valence electrons. The molecule has 0 unspecified atom stereocenters.